The van der Waals surface area contributed by atoms with Crippen LogP contribution < -0.4 is 5.69 Å². The Kier molecular flexibility index (Phi) is 1.43. The van der Waals surface area contributed by atoms with Gasteiger partial charge in [0, 0.05) is 12.4 Å². The Morgan fingerprint density at radius 1 is 1.75 bits per heavy atom. The van der Waals surface area contributed by atoms with E-state index in [1.54, 1.807) is 12.3 Å². The monoisotopic (exact) mass is 174 g/mol. The van der Waals surface area contributed by atoms with Crippen LogP contribution in [0.2, 0.25) is 0 Å². The fourth-order valence-electron chi connectivity index (χ4n) is 0.340. The van der Waals surface area contributed by atoms with Gasteiger partial charge >= 0.3 is 5.69 Å². The normalized spacial score (nSPS) is 9.12. The van der Waals surface area contributed by atoms with Crippen LogP contribution in [-0.4, -0.2) is 8.58 Å². The van der Waals surface area contributed by atoms with Gasteiger partial charge in [0.25, 0.3) is 0 Å². The summed E-state index contributed by atoms with van der Waals surface area (Å²) in [6, 6.07) is 1.66. The zero-order valence-corrected chi connectivity index (χ0v) is 5.50. The van der Waals surface area contributed by atoms with Crippen LogP contribution in [0.3, 0.4) is 0 Å². The molecule has 0 aliphatic rings. The van der Waals surface area contributed by atoms with E-state index in [-0.39, 0.29) is 5.69 Å². The summed E-state index contributed by atoms with van der Waals surface area (Å²) in [5.74, 6) is 0. The average molecular weight is 175 g/mol. The maximum atomic E-state index is 10.4. The summed E-state index contributed by atoms with van der Waals surface area (Å²) in [7, 11) is 0. The molecule has 0 aliphatic carbocycles. The van der Waals surface area contributed by atoms with Crippen molar-refractivity contribution >= 4 is 16.1 Å². The summed E-state index contributed by atoms with van der Waals surface area (Å²) in [6.45, 7) is 0. The van der Waals surface area contributed by atoms with Crippen molar-refractivity contribution < 1.29 is 0 Å². The summed E-state index contributed by atoms with van der Waals surface area (Å²) >= 11 is 2.94. The molecule has 1 heterocycles. The molecule has 0 atom stereocenters. The third-order valence-electron chi connectivity index (χ3n) is 0.671. The minimum absolute atomic E-state index is 0.299. The van der Waals surface area contributed by atoms with Crippen molar-refractivity contribution in [3.05, 3.63) is 28.9 Å². The van der Waals surface area contributed by atoms with Gasteiger partial charge in [0.05, 0.1) is 16.1 Å². The van der Waals surface area contributed by atoms with Crippen LogP contribution in [-0.2, 0) is 0 Å². The van der Waals surface area contributed by atoms with Crippen molar-refractivity contribution in [2.45, 2.75) is 0 Å². The fourth-order valence-corrected chi connectivity index (χ4v) is 0.568. The molecule has 1 aromatic heterocycles. The molecule has 4 heteroatoms. The second-order valence-corrected chi connectivity index (χ2v) is 1.98. The quantitative estimate of drug-likeness (QED) is 0.571. The summed E-state index contributed by atoms with van der Waals surface area (Å²) < 4.78 is 1.23. The lowest BCUT2D eigenvalue weighted by Crippen LogP contribution is -2.13. The molecule has 1 rings (SSSR count). The average Bonchev–Trinajstić information content (AvgIpc) is 1.77. The van der Waals surface area contributed by atoms with Gasteiger partial charge in [0.1, 0.15) is 0 Å². The summed E-state index contributed by atoms with van der Waals surface area (Å²) in [6.07, 6.45) is 3.02. The van der Waals surface area contributed by atoms with Gasteiger partial charge in [-0.15, -0.1) is 0 Å². The van der Waals surface area contributed by atoms with Crippen molar-refractivity contribution in [1.82, 2.24) is 8.58 Å². The molecular weight excluding hydrogens is 172 g/mol. The van der Waals surface area contributed by atoms with Crippen molar-refractivity contribution in [2.75, 3.05) is 0 Å². The molecule has 0 bridgehead atoms. The Morgan fingerprint density at radius 3 is 2.88 bits per heavy atom. The third-order valence-corrected chi connectivity index (χ3v) is 1.21. The second kappa shape index (κ2) is 2.09. The summed E-state index contributed by atoms with van der Waals surface area (Å²) in [4.78, 5) is 13.9. The molecule has 0 spiro atoms. The highest BCUT2D eigenvalue weighted by Crippen LogP contribution is 1.81. The number of aromatic nitrogens is 2. The Bertz CT molecular complexity index is 231. The lowest BCUT2D eigenvalue weighted by atomic mass is 10.7. The Morgan fingerprint density at radius 2 is 2.50 bits per heavy atom. The van der Waals surface area contributed by atoms with E-state index in [0.29, 0.717) is 0 Å². The van der Waals surface area contributed by atoms with Gasteiger partial charge in [-0.25, -0.2) is 13.4 Å². The van der Waals surface area contributed by atoms with E-state index in [2.05, 4.69) is 21.1 Å². The van der Waals surface area contributed by atoms with E-state index in [1.807, 2.05) is 0 Å². The summed E-state index contributed by atoms with van der Waals surface area (Å²) in [5, 5.41) is 0. The molecule has 42 valence electrons. The van der Waals surface area contributed by atoms with Gasteiger partial charge in [-0.1, -0.05) is 0 Å². The van der Waals surface area contributed by atoms with Gasteiger partial charge in [-0.2, -0.15) is 0 Å². The van der Waals surface area contributed by atoms with E-state index >= 15 is 0 Å². The minimum atomic E-state index is -0.299. The highest BCUT2D eigenvalue weighted by Gasteiger charge is 1.83. The maximum Gasteiger partial charge on any atom is 0.357 e. The van der Waals surface area contributed by atoms with Crippen LogP contribution in [0.4, 0.5) is 0 Å². The Labute approximate surface area is 54.3 Å². The minimum Gasteiger partial charge on any atom is -0.245 e. The van der Waals surface area contributed by atoms with E-state index < -0.39 is 0 Å². The molecule has 0 radical (unpaired) electrons. The van der Waals surface area contributed by atoms with Crippen molar-refractivity contribution in [3.8, 4) is 0 Å². The lowest BCUT2D eigenvalue weighted by molar-refractivity contribution is 1.04. The van der Waals surface area contributed by atoms with Crippen molar-refractivity contribution in [1.29, 1.82) is 0 Å². The predicted molar refractivity (Wildman–Crippen MR) is 32.8 cm³/mol. The highest BCUT2D eigenvalue weighted by molar-refractivity contribution is 9.08. The molecule has 0 N–H and O–H groups in total. The number of nitrogens with zero attached hydrogens (tertiary/aromatic N) is 2. The van der Waals surface area contributed by atoms with Crippen molar-refractivity contribution in [2.24, 2.45) is 0 Å². The molecule has 0 aliphatic heterocycles. The molecule has 0 saturated carbocycles. The number of hydrogen-bond acceptors (Lipinski definition) is 2. The predicted octanol–water partition coefficient (Wildman–Crippen LogP) is 0.401. The fraction of sp³-hybridized carbons (Fsp3) is 0. The van der Waals surface area contributed by atoms with Gasteiger partial charge in [0.15, 0.2) is 0 Å². The maximum absolute atomic E-state index is 10.4. The molecule has 1 aromatic rings. The zero-order valence-electron chi connectivity index (χ0n) is 3.91. The van der Waals surface area contributed by atoms with Crippen LogP contribution >= 0.6 is 16.1 Å². The van der Waals surface area contributed by atoms with E-state index in [9.17, 15) is 4.79 Å². The number of rotatable bonds is 0. The highest BCUT2D eigenvalue weighted by atomic mass is 79.9. The largest absolute Gasteiger partial charge is 0.357 e. The SMILES string of the molecule is O=c1ncccn1Br. The molecule has 0 unspecified atom stereocenters. The van der Waals surface area contributed by atoms with Crippen molar-refractivity contribution in [3.63, 3.8) is 0 Å². The van der Waals surface area contributed by atoms with Gasteiger partial charge in [0.2, 0.25) is 0 Å². The second-order valence-electron chi connectivity index (χ2n) is 1.21. The lowest BCUT2D eigenvalue weighted by Gasteiger charge is -1.85. The Hall–Kier alpha value is -0.640. The topological polar surface area (TPSA) is 34.9 Å². The standard InChI is InChI=1S/C4H3BrN2O/c5-7-3-1-2-6-4(7)8/h1-3H. The third kappa shape index (κ3) is 0.949. The van der Waals surface area contributed by atoms with Crippen LogP contribution in [0.5, 0.6) is 0 Å². The smallest absolute Gasteiger partial charge is 0.245 e. The molecule has 0 fully saturated rings. The molecule has 0 amide bonds. The molecular formula is C4H3BrN2O. The van der Waals surface area contributed by atoms with Gasteiger partial charge < -0.3 is 0 Å². The van der Waals surface area contributed by atoms with Crippen LogP contribution in [0.25, 0.3) is 0 Å². The Balaban J connectivity index is 3.35. The zero-order chi connectivity index (χ0) is 5.98. The summed E-state index contributed by atoms with van der Waals surface area (Å²) in [5.41, 5.74) is -0.299. The first-order chi connectivity index (χ1) is 3.80. The van der Waals surface area contributed by atoms with E-state index in [4.69, 9.17) is 0 Å². The van der Waals surface area contributed by atoms with Gasteiger partial charge in [-0.05, 0) is 6.07 Å². The number of halogens is 1. The van der Waals surface area contributed by atoms with Crippen LogP contribution in [0.1, 0.15) is 0 Å². The molecule has 0 aromatic carbocycles. The van der Waals surface area contributed by atoms with E-state index in [0.717, 1.165) is 0 Å². The molecule has 3 nitrogen and oxygen atoms in total. The number of hydrogen-bond donors (Lipinski definition) is 0. The first kappa shape index (κ1) is 5.50. The van der Waals surface area contributed by atoms with Gasteiger partial charge in [-0.3, -0.25) is 0 Å². The van der Waals surface area contributed by atoms with Crippen LogP contribution in [0.15, 0.2) is 23.3 Å². The molecule has 0 saturated heterocycles. The first-order valence-electron chi connectivity index (χ1n) is 2.00. The van der Waals surface area contributed by atoms with Crippen LogP contribution in [0, 0.1) is 0 Å². The first-order valence-corrected chi connectivity index (χ1v) is 2.71. The molecule has 8 heavy (non-hydrogen) atoms. The van der Waals surface area contributed by atoms with E-state index in [1.165, 1.54) is 9.79 Å².